The van der Waals surface area contributed by atoms with Gasteiger partial charge in [-0.05, 0) is 42.3 Å². The van der Waals surface area contributed by atoms with Crippen molar-refractivity contribution < 1.29 is 9.53 Å². The number of amides is 1. The molecule has 1 heterocycles. The first-order chi connectivity index (χ1) is 13.1. The number of ether oxygens (including phenoxy) is 1. The first-order valence-electron chi connectivity index (χ1n) is 8.80. The van der Waals surface area contributed by atoms with E-state index in [9.17, 15) is 4.79 Å². The third-order valence-corrected chi connectivity index (χ3v) is 4.17. The van der Waals surface area contributed by atoms with Crippen molar-refractivity contribution in [3.8, 4) is 5.75 Å². The van der Waals surface area contributed by atoms with Crippen LogP contribution in [0.1, 0.15) is 16.7 Å². The molecule has 0 saturated carbocycles. The van der Waals surface area contributed by atoms with Crippen molar-refractivity contribution in [3.63, 3.8) is 0 Å². The van der Waals surface area contributed by atoms with Crippen molar-refractivity contribution in [1.29, 1.82) is 0 Å². The number of rotatable bonds is 7. The molecule has 0 radical (unpaired) electrons. The number of carbonyl (C=O) groups excluding carboxylic acids is 1. The van der Waals surface area contributed by atoms with E-state index in [-0.39, 0.29) is 5.91 Å². The fourth-order valence-corrected chi connectivity index (χ4v) is 2.60. The largest absolute Gasteiger partial charge is 0.497 e. The predicted molar refractivity (Wildman–Crippen MR) is 108 cm³/mol. The fraction of sp³-hybridized carbons (Fsp3) is 0.182. The zero-order valence-corrected chi connectivity index (χ0v) is 15.5. The molecular weight excluding hydrogens is 338 g/mol. The van der Waals surface area contributed by atoms with Crippen LogP contribution in [0.2, 0.25) is 0 Å². The molecule has 138 valence electrons. The summed E-state index contributed by atoms with van der Waals surface area (Å²) in [6.07, 6.45) is 2.01. The first kappa shape index (κ1) is 18.5. The van der Waals surface area contributed by atoms with Crippen molar-refractivity contribution >= 4 is 17.4 Å². The third kappa shape index (κ3) is 5.57. The second kappa shape index (κ2) is 8.85. The van der Waals surface area contributed by atoms with Crippen molar-refractivity contribution in [2.45, 2.75) is 19.9 Å². The Bertz CT molecular complexity index is 873. The molecular formula is C22H23N3O2. The predicted octanol–water partition coefficient (Wildman–Crippen LogP) is 4.19. The number of nitrogens with zero attached hydrogens (tertiary/aromatic N) is 1. The number of benzene rings is 2. The number of anilines is 2. The highest BCUT2D eigenvalue weighted by Crippen LogP contribution is 2.14. The number of pyridine rings is 1. The molecule has 2 aromatic carbocycles. The molecule has 3 rings (SSSR count). The Kier molecular flexibility index (Phi) is 6.05. The molecule has 0 aliphatic heterocycles. The molecule has 2 N–H and O–H groups in total. The highest BCUT2D eigenvalue weighted by atomic mass is 16.5. The minimum atomic E-state index is -0.104. The molecule has 0 aliphatic carbocycles. The van der Waals surface area contributed by atoms with Crippen LogP contribution in [-0.4, -0.2) is 18.0 Å². The maximum absolute atomic E-state index is 12.2. The lowest BCUT2D eigenvalue weighted by Gasteiger charge is -2.09. The van der Waals surface area contributed by atoms with E-state index in [1.165, 1.54) is 11.1 Å². The van der Waals surface area contributed by atoms with Gasteiger partial charge in [0.05, 0.1) is 25.4 Å². The molecule has 3 aromatic rings. The van der Waals surface area contributed by atoms with Gasteiger partial charge in [0.1, 0.15) is 11.6 Å². The monoisotopic (exact) mass is 361 g/mol. The zero-order chi connectivity index (χ0) is 19.1. The Morgan fingerprint density at radius 3 is 2.30 bits per heavy atom. The molecule has 0 bridgehead atoms. The Labute approximate surface area is 159 Å². The van der Waals surface area contributed by atoms with Gasteiger partial charge in [0.15, 0.2) is 0 Å². The lowest BCUT2D eigenvalue weighted by molar-refractivity contribution is -0.115. The molecule has 5 heteroatoms. The molecule has 0 spiro atoms. The Morgan fingerprint density at radius 2 is 1.67 bits per heavy atom. The average molecular weight is 361 g/mol. The third-order valence-electron chi connectivity index (χ3n) is 4.17. The lowest BCUT2D eigenvalue weighted by atomic mass is 10.1. The molecule has 0 unspecified atom stereocenters. The van der Waals surface area contributed by atoms with E-state index in [0.29, 0.717) is 12.2 Å². The summed E-state index contributed by atoms with van der Waals surface area (Å²) >= 11 is 0. The topological polar surface area (TPSA) is 63.2 Å². The van der Waals surface area contributed by atoms with Gasteiger partial charge >= 0.3 is 0 Å². The van der Waals surface area contributed by atoms with E-state index in [2.05, 4.69) is 46.8 Å². The summed E-state index contributed by atoms with van der Waals surface area (Å²) in [5.74, 6) is 1.21. The SMILES string of the molecule is COc1ccc(CC(=O)Nc2ccc(NCc3ccc(C)cc3)cn2)cc1. The van der Waals surface area contributed by atoms with Crippen molar-refractivity contribution in [2.24, 2.45) is 0 Å². The smallest absolute Gasteiger partial charge is 0.229 e. The molecule has 5 nitrogen and oxygen atoms in total. The molecule has 0 fully saturated rings. The summed E-state index contributed by atoms with van der Waals surface area (Å²) in [6.45, 7) is 2.80. The van der Waals surface area contributed by atoms with E-state index in [4.69, 9.17) is 4.74 Å². The number of carbonyl (C=O) groups is 1. The molecule has 1 aromatic heterocycles. The van der Waals surface area contributed by atoms with Crippen LogP contribution in [0, 0.1) is 6.92 Å². The van der Waals surface area contributed by atoms with Crippen LogP contribution in [0.15, 0.2) is 66.9 Å². The van der Waals surface area contributed by atoms with Crippen LogP contribution in [-0.2, 0) is 17.8 Å². The van der Waals surface area contributed by atoms with Gasteiger partial charge in [-0.2, -0.15) is 0 Å². The second-order valence-electron chi connectivity index (χ2n) is 6.34. The Hall–Kier alpha value is -3.34. The van der Waals surface area contributed by atoms with Gasteiger partial charge in [0.2, 0.25) is 5.91 Å². The van der Waals surface area contributed by atoms with E-state index < -0.39 is 0 Å². The fourth-order valence-electron chi connectivity index (χ4n) is 2.60. The van der Waals surface area contributed by atoms with E-state index >= 15 is 0 Å². The summed E-state index contributed by atoms with van der Waals surface area (Å²) in [5, 5.41) is 6.14. The highest BCUT2D eigenvalue weighted by Gasteiger charge is 2.05. The average Bonchev–Trinajstić information content (AvgIpc) is 2.69. The van der Waals surface area contributed by atoms with Crippen molar-refractivity contribution in [1.82, 2.24) is 4.98 Å². The molecule has 1 amide bonds. The van der Waals surface area contributed by atoms with Crippen LogP contribution in [0.5, 0.6) is 5.75 Å². The van der Waals surface area contributed by atoms with Crippen LogP contribution >= 0.6 is 0 Å². The summed E-state index contributed by atoms with van der Waals surface area (Å²) in [4.78, 5) is 16.5. The Balaban J connectivity index is 1.50. The first-order valence-corrected chi connectivity index (χ1v) is 8.80. The maximum Gasteiger partial charge on any atom is 0.229 e. The lowest BCUT2D eigenvalue weighted by Crippen LogP contribution is -2.15. The van der Waals surface area contributed by atoms with E-state index in [1.807, 2.05) is 30.3 Å². The van der Waals surface area contributed by atoms with Gasteiger partial charge in [-0.15, -0.1) is 0 Å². The van der Waals surface area contributed by atoms with Gasteiger partial charge < -0.3 is 15.4 Å². The summed E-state index contributed by atoms with van der Waals surface area (Å²) in [5.41, 5.74) is 4.28. The number of aryl methyl sites for hydroxylation is 1. The van der Waals surface area contributed by atoms with Gasteiger partial charge in [-0.3, -0.25) is 4.79 Å². The quantitative estimate of drug-likeness (QED) is 0.662. The molecule has 0 aliphatic rings. The van der Waals surface area contributed by atoms with Crippen LogP contribution in [0.3, 0.4) is 0 Å². The number of methoxy groups -OCH3 is 1. The van der Waals surface area contributed by atoms with Gasteiger partial charge in [-0.1, -0.05) is 42.0 Å². The second-order valence-corrected chi connectivity index (χ2v) is 6.34. The van der Waals surface area contributed by atoms with Gasteiger partial charge in [-0.25, -0.2) is 4.98 Å². The summed E-state index contributed by atoms with van der Waals surface area (Å²) < 4.78 is 5.12. The molecule has 0 atom stereocenters. The van der Waals surface area contributed by atoms with Crippen LogP contribution in [0.25, 0.3) is 0 Å². The number of aromatic nitrogens is 1. The molecule has 27 heavy (non-hydrogen) atoms. The summed E-state index contributed by atoms with van der Waals surface area (Å²) in [6, 6.07) is 19.5. The van der Waals surface area contributed by atoms with Crippen molar-refractivity contribution in [3.05, 3.63) is 83.6 Å². The van der Waals surface area contributed by atoms with Crippen LogP contribution < -0.4 is 15.4 Å². The highest BCUT2D eigenvalue weighted by molar-refractivity contribution is 5.91. The zero-order valence-electron chi connectivity index (χ0n) is 15.5. The van der Waals surface area contributed by atoms with E-state index in [1.54, 1.807) is 19.4 Å². The molecule has 0 saturated heterocycles. The van der Waals surface area contributed by atoms with Crippen LogP contribution in [0.4, 0.5) is 11.5 Å². The van der Waals surface area contributed by atoms with Crippen molar-refractivity contribution in [2.75, 3.05) is 17.7 Å². The van der Waals surface area contributed by atoms with E-state index in [0.717, 1.165) is 23.5 Å². The Morgan fingerprint density at radius 1 is 0.963 bits per heavy atom. The minimum absolute atomic E-state index is 0.104. The number of hydrogen-bond donors (Lipinski definition) is 2. The van der Waals surface area contributed by atoms with Gasteiger partial charge in [0.25, 0.3) is 0 Å². The number of hydrogen-bond acceptors (Lipinski definition) is 4. The van der Waals surface area contributed by atoms with Gasteiger partial charge in [0, 0.05) is 6.54 Å². The summed E-state index contributed by atoms with van der Waals surface area (Å²) in [7, 11) is 1.62. The maximum atomic E-state index is 12.2. The number of nitrogens with one attached hydrogen (secondary N) is 2. The minimum Gasteiger partial charge on any atom is -0.497 e. The standard InChI is InChI=1S/C22H23N3O2/c1-16-3-5-18(6-4-16)14-23-19-9-12-21(24-15-19)25-22(26)13-17-7-10-20(27-2)11-8-17/h3-12,15,23H,13-14H2,1-2H3,(H,24,25,26). The normalized spacial score (nSPS) is 10.3.